The molecule has 0 saturated heterocycles. The Morgan fingerprint density at radius 1 is 1.19 bits per heavy atom. The summed E-state index contributed by atoms with van der Waals surface area (Å²) in [6.45, 7) is 7.58. The van der Waals surface area contributed by atoms with Crippen LogP contribution in [0.4, 0.5) is 0 Å². The van der Waals surface area contributed by atoms with Crippen LogP contribution in [0.25, 0.3) is 10.9 Å². The van der Waals surface area contributed by atoms with Gasteiger partial charge in [0, 0.05) is 30.2 Å². The Labute approximate surface area is 97.3 Å². The Bertz CT molecular complexity index is 457. The molecule has 0 unspecified atom stereocenters. The van der Waals surface area contributed by atoms with Crippen LogP contribution < -0.4 is 5.32 Å². The molecule has 0 radical (unpaired) electrons. The summed E-state index contributed by atoms with van der Waals surface area (Å²) in [5.74, 6) is 0. The molecule has 0 saturated carbocycles. The second kappa shape index (κ2) is 5.17. The molecule has 1 aromatic heterocycles. The minimum Gasteiger partial charge on any atom is -0.346 e. The first-order chi connectivity index (χ1) is 7.83. The van der Waals surface area contributed by atoms with Crippen molar-refractivity contribution in [1.29, 1.82) is 0 Å². The van der Waals surface area contributed by atoms with Crippen LogP contribution in [0.2, 0.25) is 0 Å². The third-order valence-electron chi connectivity index (χ3n) is 2.94. The molecule has 1 aromatic carbocycles. The van der Waals surface area contributed by atoms with Gasteiger partial charge in [-0.2, -0.15) is 0 Å². The molecule has 0 aliphatic rings. The van der Waals surface area contributed by atoms with Gasteiger partial charge in [-0.15, -0.1) is 0 Å². The third kappa shape index (κ3) is 2.27. The van der Waals surface area contributed by atoms with Crippen molar-refractivity contribution in [3.05, 3.63) is 36.0 Å². The Hall–Kier alpha value is -1.28. The van der Waals surface area contributed by atoms with E-state index in [9.17, 15) is 0 Å². The molecule has 86 valence electrons. The van der Waals surface area contributed by atoms with E-state index in [1.165, 1.54) is 22.9 Å². The van der Waals surface area contributed by atoms with Crippen molar-refractivity contribution in [3.8, 4) is 0 Å². The quantitative estimate of drug-likeness (QED) is 0.760. The predicted molar refractivity (Wildman–Crippen MR) is 69.8 cm³/mol. The molecule has 0 atom stereocenters. The van der Waals surface area contributed by atoms with Gasteiger partial charge in [-0.25, -0.2) is 0 Å². The highest BCUT2D eigenvalue weighted by atomic mass is 15.0. The fourth-order valence-electron chi connectivity index (χ4n) is 2.12. The number of nitrogens with one attached hydrogen (secondary N) is 1. The fraction of sp³-hybridized carbons (Fsp3) is 0.429. The van der Waals surface area contributed by atoms with E-state index in [1.54, 1.807) is 0 Å². The van der Waals surface area contributed by atoms with Crippen molar-refractivity contribution >= 4 is 10.9 Å². The Morgan fingerprint density at radius 2 is 2.00 bits per heavy atom. The van der Waals surface area contributed by atoms with Crippen molar-refractivity contribution in [1.82, 2.24) is 9.88 Å². The van der Waals surface area contributed by atoms with Gasteiger partial charge in [0.15, 0.2) is 0 Å². The van der Waals surface area contributed by atoms with E-state index in [2.05, 4.69) is 54.2 Å². The zero-order chi connectivity index (χ0) is 11.4. The lowest BCUT2D eigenvalue weighted by Gasteiger charge is -2.06. The van der Waals surface area contributed by atoms with E-state index in [0.29, 0.717) is 0 Å². The van der Waals surface area contributed by atoms with Gasteiger partial charge in [0.2, 0.25) is 0 Å². The van der Waals surface area contributed by atoms with Gasteiger partial charge in [0.1, 0.15) is 0 Å². The van der Waals surface area contributed by atoms with Gasteiger partial charge in [-0.3, -0.25) is 0 Å². The van der Waals surface area contributed by atoms with Crippen LogP contribution in [0.15, 0.2) is 30.5 Å². The van der Waals surface area contributed by atoms with E-state index in [0.717, 1.165) is 19.6 Å². The lowest BCUT2D eigenvalue weighted by Crippen LogP contribution is -2.20. The third-order valence-corrected chi connectivity index (χ3v) is 2.94. The zero-order valence-corrected chi connectivity index (χ0v) is 10.2. The number of aryl methyl sites for hydroxylation is 1. The highest BCUT2D eigenvalue weighted by Crippen LogP contribution is 2.19. The first kappa shape index (κ1) is 11.2. The molecule has 2 aromatic rings. The summed E-state index contributed by atoms with van der Waals surface area (Å²) in [6.07, 6.45) is 3.45. The van der Waals surface area contributed by atoms with Crippen molar-refractivity contribution in [3.63, 3.8) is 0 Å². The summed E-state index contributed by atoms with van der Waals surface area (Å²) in [4.78, 5) is 0. The summed E-state index contributed by atoms with van der Waals surface area (Å²) < 4.78 is 2.34. The van der Waals surface area contributed by atoms with Crippen LogP contribution in [0.1, 0.15) is 18.9 Å². The highest BCUT2D eigenvalue weighted by molar-refractivity contribution is 5.83. The molecular weight excluding hydrogens is 196 g/mol. The summed E-state index contributed by atoms with van der Waals surface area (Å²) >= 11 is 0. The summed E-state index contributed by atoms with van der Waals surface area (Å²) in [5, 5.41) is 4.81. The minimum atomic E-state index is 1.05. The topological polar surface area (TPSA) is 17.0 Å². The summed E-state index contributed by atoms with van der Waals surface area (Å²) in [6, 6.07) is 8.61. The standard InChI is InChI=1S/C14H20N2/c1-3-8-15-9-10-16-11-12(2)13-6-4-5-7-14(13)16/h4-7,11,15H,3,8-10H2,1-2H3. The molecular formula is C14H20N2. The molecule has 2 nitrogen and oxygen atoms in total. The smallest absolute Gasteiger partial charge is 0.0483 e. The molecule has 1 N–H and O–H groups in total. The van der Waals surface area contributed by atoms with E-state index in [4.69, 9.17) is 0 Å². The number of hydrogen-bond acceptors (Lipinski definition) is 1. The van der Waals surface area contributed by atoms with Crippen LogP contribution in [0.5, 0.6) is 0 Å². The summed E-state index contributed by atoms with van der Waals surface area (Å²) in [7, 11) is 0. The van der Waals surface area contributed by atoms with Crippen LogP contribution >= 0.6 is 0 Å². The van der Waals surface area contributed by atoms with E-state index in [-0.39, 0.29) is 0 Å². The molecule has 0 aliphatic heterocycles. The molecule has 0 amide bonds. The van der Waals surface area contributed by atoms with Crippen molar-refractivity contribution in [2.75, 3.05) is 13.1 Å². The van der Waals surface area contributed by atoms with Crippen LogP contribution in [-0.2, 0) is 6.54 Å². The number of fused-ring (bicyclic) bond motifs is 1. The molecule has 0 bridgehead atoms. The van der Waals surface area contributed by atoms with Gasteiger partial charge >= 0.3 is 0 Å². The molecule has 0 spiro atoms. The molecule has 2 rings (SSSR count). The average molecular weight is 216 g/mol. The SMILES string of the molecule is CCCNCCn1cc(C)c2ccccc21. The van der Waals surface area contributed by atoms with Gasteiger partial charge in [-0.05, 0) is 31.5 Å². The average Bonchev–Trinajstić information content (AvgIpc) is 2.63. The van der Waals surface area contributed by atoms with Crippen LogP contribution in [0, 0.1) is 6.92 Å². The Balaban J connectivity index is 2.12. The minimum absolute atomic E-state index is 1.05. The summed E-state index contributed by atoms with van der Waals surface area (Å²) in [5.41, 5.74) is 2.71. The van der Waals surface area contributed by atoms with Crippen molar-refractivity contribution in [2.45, 2.75) is 26.8 Å². The van der Waals surface area contributed by atoms with Gasteiger partial charge < -0.3 is 9.88 Å². The predicted octanol–water partition coefficient (Wildman–Crippen LogP) is 2.95. The lowest BCUT2D eigenvalue weighted by atomic mass is 10.2. The first-order valence-corrected chi connectivity index (χ1v) is 6.08. The number of nitrogens with zero attached hydrogens (tertiary/aromatic N) is 1. The number of benzene rings is 1. The first-order valence-electron chi connectivity index (χ1n) is 6.08. The highest BCUT2D eigenvalue weighted by Gasteiger charge is 2.03. The molecule has 16 heavy (non-hydrogen) atoms. The van der Waals surface area contributed by atoms with Crippen LogP contribution in [-0.4, -0.2) is 17.7 Å². The molecule has 2 heteroatoms. The largest absolute Gasteiger partial charge is 0.346 e. The second-order valence-corrected chi connectivity index (χ2v) is 4.27. The number of aromatic nitrogens is 1. The van der Waals surface area contributed by atoms with E-state index < -0.39 is 0 Å². The van der Waals surface area contributed by atoms with E-state index in [1.807, 2.05) is 0 Å². The lowest BCUT2D eigenvalue weighted by molar-refractivity contribution is 0.604. The number of para-hydroxylation sites is 1. The Morgan fingerprint density at radius 3 is 2.81 bits per heavy atom. The van der Waals surface area contributed by atoms with Crippen molar-refractivity contribution < 1.29 is 0 Å². The van der Waals surface area contributed by atoms with Gasteiger partial charge in [-0.1, -0.05) is 25.1 Å². The number of hydrogen-bond donors (Lipinski definition) is 1. The van der Waals surface area contributed by atoms with E-state index >= 15 is 0 Å². The van der Waals surface area contributed by atoms with Crippen LogP contribution in [0.3, 0.4) is 0 Å². The maximum atomic E-state index is 3.44. The molecule has 0 fully saturated rings. The van der Waals surface area contributed by atoms with Gasteiger partial charge in [0.25, 0.3) is 0 Å². The second-order valence-electron chi connectivity index (χ2n) is 4.27. The van der Waals surface area contributed by atoms with Gasteiger partial charge in [0.05, 0.1) is 0 Å². The maximum absolute atomic E-state index is 3.44. The van der Waals surface area contributed by atoms with Crippen molar-refractivity contribution in [2.24, 2.45) is 0 Å². The monoisotopic (exact) mass is 216 g/mol. The Kier molecular flexibility index (Phi) is 3.62. The normalized spacial score (nSPS) is 11.1. The molecule has 0 aliphatic carbocycles. The maximum Gasteiger partial charge on any atom is 0.0483 e. The number of rotatable bonds is 5. The molecule has 1 heterocycles. The zero-order valence-electron chi connectivity index (χ0n) is 10.2. The fourth-order valence-corrected chi connectivity index (χ4v) is 2.12.